The molecule has 16 heavy (non-hydrogen) atoms. The Labute approximate surface area is 91.3 Å². The maximum absolute atomic E-state index is 10.3. The van der Waals surface area contributed by atoms with Gasteiger partial charge in [-0.3, -0.25) is 9.59 Å². The monoisotopic (exact) mass is 237 g/mol. The van der Waals surface area contributed by atoms with E-state index in [-0.39, 0.29) is 0 Å². The van der Waals surface area contributed by atoms with Crippen molar-refractivity contribution >= 4 is 17.9 Å². The minimum Gasteiger partial charge on any atom is -0.481 e. The Morgan fingerprint density at radius 1 is 1.06 bits per heavy atom. The van der Waals surface area contributed by atoms with E-state index in [1.54, 1.807) is 0 Å². The van der Waals surface area contributed by atoms with Gasteiger partial charge < -0.3 is 26.2 Å². The Morgan fingerprint density at radius 3 is 1.44 bits per heavy atom. The summed E-state index contributed by atoms with van der Waals surface area (Å²) in [7, 11) is 0. The first kappa shape index (κ1) is 16.7. The Hall–Kier alpha value is -1.67. The first-order valence-corrected chi connectivity index (χ1v) is 4.29. The third kappa shape index (κ3) is 7.71. The third-order valence-electron chi connectivity index (χ3n) is 1.29. The van der Waals surface area contributed by atoms with Crippen LogP contribution in [0.1, 0.15) is 19.8 Å². The van der Waals surface area contributed by atoms with Crippen LogP contribution in [0.25, 0.3) is 0 Å². The minimum atomic E-state index is -2.74. The topological polar surface area (TPSA) is 158 Å². The summed E-state index contributed by atoms with van der Waals surface area (Å²) in [6.45, 7) is 2.65. The van der Waals surface area contributed by atoms with Gasteiger partial charge in [0.1, 0.15) is 0 Å². The van der Waals surface area contributed by atoms with Crippen LogP contribution in [0.4, 0.5) is 0 Å². The van der Waals surface area contributed by atoms with E-state index < -0.39 is 36.4 Å². The number of hydrogen-bond donors (Lipinski definition) is 5. The molecule has 0 fully saturated rings. The number of carboxylic acids is 3. The summed E-state index contributed by atoms with van der Waals surface area (Å²) in [5.41, 5.74) is 2.11. The molecule has 0 bridgehead atoms. The number of aliphatic carboxylic acids is 3. The van der Waals surface area contributed by atoms with E-state index in [9.17, 15) is 14.4 Å². The lowest BCUT2D eigenvalue weighted by atomic mass is 9.96. The van der Waals surface area contributed by atoms with Crippen LogP contribution in [-0.4, -0.2) is 50.5 Å². The maximum Gasteiger partial charge on any atom is 0.336 e. The van der Waals surface area contributed by atoms with Crippen molar-refractivity contribution in [2.45, 2.75) is 25.4 Å². The van der Waals surface area contributed by atoms with E-state index in [0.29, 0.717) is 0 Å². The van der Waals surface area contributed by atoms with Crippen LogP contribution in [0.5, 0.6) is 0 Å². The number of nitrogens with two attached hydrogens (primary N) is 1. The highest BCUT2D eigenvalue weighted by Crippen LogP contribution is 2.15. The molecule has 0 unspecified atom stereocenters. The molecule has 6 N–H and O–H groups in total. The van der Waals surface area contributed by atoms with E-state index in [1.807, 2.05) is 6.92 Å². The van der Waals surface area contributed by atoms with Gasteiger partial charge in [-0.15, -0.1) is 0 Å². The molecular formula is C8H15NO7. The van der Waals surface area contributed by atoms with Crippen LogP contribution in [0, 0.1) is 0 Å². The molecule has 8 heteroatoms. The molecule has 0 amide bonds. The molecule has 0 aromatic carbocycles. The van der Waals surface area contributed by atoms with Crippen molar-refractivity contribution in [2.75, 3.05) is 6.54 Å². The van der Waals surface area contributed by atoms with Crippen molar-refractivity contribution < 1.29 is 34.8 Å². The van der Waals surface area contributed by atoms with E-state index in [0.717, 1.165) is 6.54 Å². The number of carbonyl (C=O) groups is 3. The predicted octanol–water partition coefficient (Wildman–Crippen LogP) is -1.28. The molecule has 0 aromatic heterocycles. The van der Waals surface area contributed by atoms with Gasteiger partial charge in [-0.1, -0.05) is 6.92 Å². The van der Waals surface area contributed by atoms with Gasteiger partial charge in [0.05, 0.1) is 12.8 Å². The summed E-state index contributed by atoms with van der Waals surface area (Å²) in [4.78, 5) is 30.5. The largest absolute Gasteiger partial charge is 0.481 e. The molecular weight excluding hydrogens is 222 g/mol. The highest BCUT2D eigenvalue weighted by atomic mass is 16.4. The molecule has 0 aliphatic rings. The summed E-state index contributed by atoms with van der Waals surface area (Å²) in [6.07, 6.45) is -2.29. The highest BCUT2D eigenvalue weighted by molar-refractivity contribution is 5.88. The minimum absolute atomic E-state index is 0.750. The predicted molar refractivity (Wildman–Crippen MR) is 51.8 cm³/mol. The zero-order chi connectivity index (χ0) is 13.4. The Morgan fingerprint density at radius 2 is 1.31 bits per heavy atom. The van der Waals surface area contributed by atoms with Gasteiger partial charge >= 0.3 is 17.9 Å². The summed E-state index contributed by atoms with van der Waals surface area (Å²) < 4.78 is 0. The summed E-state index contributed by atoms with van der Waals surface area (Å²) in [5.74, 6) is -5.02. The molecule has 8 nitrogen and oxygen atoms in total. The molecule has 0 aliphatic heterocycles. The average Bonchev–Trinajstić information content (AvgIpc) is 2.01. The molecule has 0 atom stereocenters. The summed E-state index contributed by atoms with van der Waals surface area (Å²) >= 11 is 0. The quantitative estimate of drug-likeness (QED) is 0.395. The van der Waals surface area contributed by atoms with Crippen LogP contribution >= 0.6 is 0 Å². The van der Waals surface area contributed by atoms with Crippen LogP contribution in [-0.2, 0) is 14.4 Å². The number of carboxylic acid groups (broad SMARTS) is 3. The van der Waals surface area contributed by atoms with Gasteiger partial charge in [0.2, 0.25) is 0 Å². The number of hydrogen-bond acceptors (Lipinski definition) is 5. The first-order chi connectivity index (χ1) is 7.19. The Balaban J connectivity index is 0. The molecule has 0 spiro atoms. The SMILES string of the molecule is CCN.O=C(O)CC(O)(CC(=O)O)C(=O)O. The van der Waals surface area contributed by atoms with Gasteiger partial charge in [-0.2, -0.15) is 0 Å². The lowest BCUT2D eigenvalue weighted by molar-refractivity contribution is -0.170. The molecule has 0 heterocycles. The van der Waals surface area contributed by atoms with Gasteiger partial charge in [0.25, 0.3) is 0 Å². The molecule has 0 saturated carbocycles. The zero-order valence-electron chi connectivity index (χ0n) is 8.71. The average molecular weight is 237 g/mol. The van der Waals surface area contributed by atoms with Gasteiger partial charge in [0, 0.05) is 0 Å². The van der Waals surface area contributed by atoms with Crippen molar-refractivity contribution in [3.8, 4) is 0 Å². The smallest absolute Gasteiger partial charge is 0.336 e. The van der Waals surface area contributed by atoms with Crippen molar-refractivity contribution in [2.24, 2.45) is 5.73 Å². The van der Waals surface area contributed by atoms with Crippen LogP contribution < -0.4 is 5.73 Å². The standard InChI is InChI=1S/C6H8O7.C2H7N/c7-3(8)1-6(13,5(11)12)2-4(9)10;1-2-3/h13H,1-2H2,(H,7,8)(H,9,10)(H,11,12);2-3H2,1H3. The van der Waals surface area contributed by atoms with Gasteiger partial charge in [-0.05, 0) is 6.54 Å². The van der Waals surface area contributed by atoms with Crippen LogP contribution in [0.15, 0.2) is 0 Å². The lowest BCUT2D eigenvalue weighted by Crippen LogP contribution is -2.42. The van der Waals surface area contributed by atoms with Gasteiger partial charge in [-0.25, -0.2) is 4.79 Å². The van der Waals surface area contributed by atoms with Crippen molar-refractivity contribution in [1.82, 2.24) is 0 Å². The van der Waals surface area contributed by atoms with E-state index in [4.69, 9.17) is 26.2 Å². The lowest BCUT2D eigenvalue weighted by Gasteiger charge is -2.18. The normalized spacial score (nSPS) is 9.94. The summed E-state index contributed by atoms with van der Waals surface area (Å²) in [5, 5.41) is 33.8. The molecule has 0 radical (unpaired) electrons. The van der Waals surface area contributed by atoms with E-state index in [2.05, 4.69) is 0 Å². The van der Waals surface area contributed by atoms with E-state index >= 15 is 0 Å². The van der Waals surface area contributed by atoms with Crippen molar-refractivity contribution in [3.63, 3.8) is 0 Å². The molecule has 0 rings (SSSR count). The second-order valence-corrected chi connectivity index (χ2v) is 2.89. The fraction of sp³-hybridized carbons (Fsp3) is 0.625. The Bertz CT molecular complexity index is 247. The molecule has 0 saturated heterocycles. The maximum atomic E-state index is 10.3. The van der Waals surface area contributed by atoms with Crippen molar-refractivity contribution in [3.05, 3.63) is 0 Å². The Kier molecular flexibility index (Phi) is 7.96. The van der Waals surface area contributed by atoms with Crippen LogP contribution in [0.3, 0.4) is 0 Å². The van der Waals surface area contributed by atoms with Gasteiger partial charge in [0.15, 0.2) is 5.60 Å². The fourth-order valence-electron chi connectivity index (χ4n) is 0.714. The second-order valence-electron chi connectivity index (χ2n) is 2.89. The zero-order valence-corrected chi connectivity index (χ0v) is 8.71. The second kappa shape index (κ2) is 7.60. The molecule has 0 aliphatic carbocycles. The first-order valence-electron chi connectivity index (χ1n) is 4.29. The van der Waals surface area contributed by atoms with Crippen LogP contribution in [0.2, 0.25) is 0 Å². The fourth-order valence-corrected chi connectivity index (χ4v) is 0.714. The third-order valence-corrected chi connectivity index (χ3v) is 1.29. The summed E-state index contributed by atoms with van der Waals surface area (Å²) in [6, 6.07) is 0. The number of aliphatic hydroxyl groups is 1. The molecule has 0 aromatic rings. The molecule has 94 valence electrons. The van der Waals surface area contributed by atoms with E-state index in [1.165, 1.54) is 0 Å². The number of rotatable bonds is 5. The van der Waals surface area contributed by atoms with Crippen molar-refractivity contribution in [1.29, 1.82) is 0 Å². The highest BCUT2D eigenvalue weighted by Gasteiger charge is 2.40.